The molecule has 0 spiro atoms. The molecule has 1 rings (SSSR count). The first-order valence-electron chi connectivity index (χ1n) is 4.54. The molecule has 1 aromatic rings. The Morgan fingerprint density at radius 1 is 1.50 bits per heavy atom. The number of carbonyl (C=O) groups is 1. The molecule has 2 unspecified atom stereocenters. The van der Waals surface area contributed by atoms with Gasteiger partial charge in [0.2, 0.25) is 5.95 Å². The Morgan fingerprint density at radius 3 is 2.62 bits per heavy atom. The molecule has 0 saturated heterocycles. The summed E-state index contributed by atoms with van der Waals surface area (Å²) < 4.78 is 17.0. The van der Waals surface area contributed by atoms with Gasteiger partial charge in [-0.05, 0) is 19.1 Å². The smallest absolute Gasteiger partial charge is 0.337 e. The van der Waals surface area contributed by atoms with Crippen LogP contribution in [0.1, 0.15) is 17.4 Å². The molecule has 0 aromatic carbocycles. The maximum absolute atomic E-state index is 12.7. The third-order valence-corrected chi connectivity index (χ3v) is 2.15. The van der Waals surface area contributed by atoms with Gasteiger partial charge >= 0.3 is 5.97 Å². The zero-order valence-corrected chi connectivity index (χ0v) is 8.85. The van der Waals surface area contributed by atoms with E-state index in [1.807, 2.05) is 0 Å². The molecular weight excluding hydrogens is 217 g/mol. The highest BCUT2D eigenvalue weighted by atomic mass is 19.1. The van der Waals surface area contributed by atoms with E-state index >= 15 is 0 Å². The highest BCUT2D eigenvalue weighted by Crippen LogP contribution is 2.20. The summed E-state index contributed by atoms with van der Waals surface area (Å²) in [6, 6.07) is 2.30. The number of ether oxygens (including phenoxy) is 1. The molecule has 2 atom stereocenters. The standard InChI is InChI=1S/C10H12FNO4/c1-5-6(3-4-7(11)12-5)8(13)9(14)10(15)16-2/h3-4,8-9,13-14H,1-2H3. The number of hydrogen-bond donors (Lipinski definition) is 2. The molecule has 0 amide bonds. The predicted molar refractivity (Wildman–Crippen MR) is 51.9 cm³/mol. The Labute approximate surface area is 91.5 Å². The maximum Gasteiger partial charge on any atom is 0.337 e. The fourth-order valence-corrected chi connectivity index (χ4v) is 1.27. The number of methoxy groups -OCH3 is 1. The van der Waals surface area contributed by atoms with Crippen LogP contribution in [0.5, 0.6) is 0 Å². The van der Waals surface area contributed by atoms with Crippen LogP contribution in [0, 0.1) is 12.9 Å². The van der Waals surface area contributed by atoms with Crippen molar-refractivity contribution < 1.29 is 24.1 Å². The molecule has 0 saturated carbocycles. The molecule has 0 aliphatic rings. The molecule has 2 N–H and O–H groups in total. The fraction of sp³-hybridized carbons (Fsp3) is 0.400. The zero-order chi connectivity index (χ0) is 12.3. The van der Waals surface area contributed by atoms with Gasteiger partial charge in [0, 0.05) is 11.3 Å². The zero-order valence-electron chi connectivity index (χ0n) is 8.85. The van der Waals surface area contributed by atoms with Crippen LogP contribution in [-0.2, 0) is 9.53 Å². The van der Waals surface area contributed by atoms with Crippen LogP contribution < -0.4 is 0 Å². The lowest BCUT2D eigenvalue weighted by atomic mass is 10.0. The maximum atomic E-state index is 12.7. The Morgan fingerprint density at radius 2 is 2.12 bits per heavy atom. The molecule has 0 aliphatic heterocycles. The van der Waals surface area contributed by atoms with Gasteiger partial charge < -0.3 is 14.9 Å². The first-order valence-corrected chi connectivity index (χ1v) is 4.54. The van der Waals surface area contributed by atoms with E-state index in [1.165, 1.54) is 13.0 Å². The van der Waals surface area contributed by atoms with Gasteiger partial charge in [-0.1, -0.05) is 0 Å². The van der Waals surface area contributed by atoms with Gasteiger partial charge in [-0.25, -0.2) is 9.78 Å². The van der Waals surface area contributed by atoms with Crippen molar-refractivity contribution in [1.29, 1.82) is 0 Å². The Hall–Kier alpha value is -1.53. The minimum Gasteiger partial charge on any atom is -0.467 e. The third kappa shape index (κ3) is 2.53. The first-order chi connectivity index (χ1) is 7.47. The molecule has 0 fully saturated rings. The summed E-state index contributed by atoms with van der Waals surface area (Å²) in [6.45, 7) is 1.46. The number of aliphatic hydroxyl groups excluding tert-OH is 2. The molecule has 1 heterocycles. The third-order valence-electron chi connectivity index (χ3n) is 2.15. The van der Waals surface area contributed by atoms with E-state index in [1.54, 1.807) is 0 Å². The number of halogens is 1. The van der Waals surface area contributed by atoms with Gasteiger partial charge in [-0.3, -0.25) is 0 Å². The van der Waals surface area contributed by atoms with Crippen molar-refractivity contribution in [2.75, 3.05) is 7.11 Å². The van der Waals surface area contributed by atoms with Crippen LogP contribution in [0.15, 0.2) is 12.1 Å². The number of rotatable bonds is 3. The monoisotopic (exact) mass is 229 g/mol. The number of esters is 1. The minimum atomic E-state index is -1.71. The van der Waals surface area contributed by atoms with Gasteiger partial charge in [0.1, 0.15) is 6.10 Å². The number of aryl methyl sites for hydroxylation is 1. The molecule has 1 aromatic heterocycles. The van der Waals surface area contributed by atoms with Gasteiger partial charge in [0.25, 0.3) is 0 Å². The Kier molecular flexibility index (Phi) is 3.92. The second kappa shape index (κ2) is 5.00. The van der Waals surface area contributed by atoms with Crippen molar-refractivity contribution in [1.82, 2.24) is 4.98 Å². The Balaban J connectivity index is 2.96. The quantitative estimate of drug-likeness (QED) is 0.567. The van der Waals surface area contributed by atoms with Gasteiger partial charge in [0.05, 0.1) is 7.11 Å². The summed E-state index contributed by atoms with van der Waals surface area (Å²) >= 11 is 0. The van der Waals surface area contributed by atoms with Crippen LogP contribution in [0.3, 0.4) is 0 Å². The average Bonchev–Trinajstić information content (AvgIpc) is 2.26. The minimum absolute atomic E-state index is 0.180. The first kappa shape index (κ1) is 12.5. The van der Waals surface area contributed by atoms with Crippen molar-refractivity contribution in [3.8, 4) is 0 Å². The van der Waals surface area contributed by atoms with Crippen LogP contribution in [-0.4, -0.2) is 34.4 Å². The van der Waals surface area contributed by atoms with Crippen LogP contribution in [0.25, 0.3) is 0 Å². The predicted octanol–water partition coefficient (Wildman–Crippen LogP) is 0.0964. The Bertz CT molecular complexity index is 396. The molecule has 88 valence electrons. The summed E-state index contributed by atoms with van der Waals surface area (Å²) in [6.07, 6.45) is -3.20. The summed E-state index contributed by atoms with van der Waals surface area (Å²) in [5.74, 6) is -1.66. The van der Waals surface area contributed by atoms with E-state index in [0.717, 1.165) is 13.2 Å². The number of hydrogen-bond acceptors (Lipinski definition) is 5. The van der Waals surface area contributed by atoms with Crippen molar-refractivity contribution in [2.45, 2.75) is 19.1 Å². The SMILES string of the molecule is COC(=O)C(O)C(O)c1ccc(F)nc1C. The van der Waals surface area contributed by atoms with Gasteiger partial charge in [0.15, 0.2) is 6.10 Å². The second-order valence-electron chi connectivity index (χ2n) is 3.22. The number of carbonyl (C=O) groups excluding carboxylic acids is 1. The van der Waals surface area contributed by atoms with Crippen molar-refractivity contribution in [3.05, 3.63) is 29.3 Å². The lowest BCUT2D eigenvalue weighted by Gasteiger charge is -2.17. The number of pyridine rings is 1. The van der Waals surface area contributed by atoms with Crippen LogP contribution in [0.2, 0.25) is 0 Å². The highest BCUT2D eigenvalue weighted by Gasteiger charge is 2.27. The fourth-order valence-electron chi connectivity index (χ4n) is 1.27. The van der Waals surface area contributed by atoms with E-state index in [4.69, 9.17) is 0 Å². The van der Waals surface area contributed by atoms with Gasteiger partial charge in [-0.15, -0.1) is 0 Å². The highest BCUT2D eigenvalue weighted by molar-refractivity contribution is 5.75. The van der Waals surface area contributed by atoms with E-state index < -0.39 is 24.1 Å². The van der Waals surface area contributed by atoms with Gasteiger partial charge in [-0.2, -0.15) is 4.39 Å². The van der Waals surface area contributed by atoms with E-state index in [2.05, 4.69) is 9.72 Å². The van der Waals surface area contributed by atoms with E-state index in [0.29, 0.717) is 0 Å². The number of aliphatic hydroxyl groups is 2. The normalized spacial score (nSPS) is 14.3. The topological polar surface area (TPSA) is 79.7 Å². The van der Waals surface area contributed by atoms with E-state index in [-0.39, 0.29) is 11.3 Å². The average molecular weight is 229 g/mol. The molecular formula is C10H12FNO4. The molecule has 16 heavy (non-hydrogen) atoms. The largest absolute Gasteiger partial charge is 0.467 e. The second-order valence-corrected chi connectivity index (χ2v) is 3.22. The number of nitrogens with zero attached hydrogens (tertiary/aromatic N) is 1. The van der Waals surface area contributed by atoms with Crippen LogP contribution >= 0.6 is 0 Å². The van der Waals surface area contributed by atoms with E-state index in [9.17, 15) is 19.4 Å². The summed E-state index contributed by atoms with van der Waals surface area (Å²) in [7, 11) is 1.09. The summed E-state index contributed by atoms with van der Waals surface area (Å²) in [5, 5.41) is 19.0. The summed E-state index contributed by atoms with van der Waals surface area (Å²) in [4.78, 5) is 14.5. The lowest BCUT2D eigenvalue weighted by molar-refractivity contribution is -0.156. The molecule has 0 aliphatic carbocycles. The summed E-state index contributed by atoms with van der Waals surface area (Å²) in [5.41, 5.74) is 0.384. The van der Waals surface area contributed by atoms with Crippen molar-refractivity contribution in [3.63, 3.8) is 0 Å². The van der Waals surface area contributed by atoms with Crippen LogP contribution in [0.4, 0.5) is 4.39 Å². The van der Waals surface area contributed by atoms with Crippen molar-refractivity contribution in [2.24, 2.45) is 0 Å². The lowest BCUT2D eigenvalue weighted by Crippen LogP contribution is -2.29. The molecule has 6 heteroatoms. The molecule has 0 radical (unpaired) electrons. The molecule has 0 bridgehead atoms. The number of aromatic nitrogens is 1. The van der Waals surface area contributed by atoms with Crippen molar-refractivity contribution >= 4 is 5.97 Å². The molecule has 5 nitrogen and oxygen atoms in total.